The first-order valence-electron chi connectivity index (χ1n) is 4.54. The summed E-state index contributed by atoms with van der Waals surface area (Å²) in [7, 11) is 11.3. The van der Waals surface area contributed by atoms with E-state index in [4.69, 9.17) is 10.3 Å². The normalized spacial score (nSPS) is 9.39. The van der Waals surface area contributed by atoms with Crippen molar-refractivity contribution in [2.45, 2.75) is 6.54 Å². The molecular formula is C10H17Cl2I2NO3. The maximum absolute atomic E-state index is 8.57. The van der Waals surface area contributed by atoms with Gasteiger partial charge in [0.2, 0.25) is 8.91 Å². The summed E-state index contributed by atoms with van der Waals surface area (Å²) < 4.78 is 26.7. The van der Waals surface area contributed by atoms with Gasteiger partial charge < -0.3 is 27.2 Å². The van der Waals surface area contributed by atoms with Gasteiger partial charge in [-0.25, -0.2) is 0 Å². The molecule has 0 aliphatic rings. The predicted octanol–water partition coefficient (Wildman–Crippen LogP) is -10.2. The van der Waals surface area contributed by atoms with Gasteiger partial charge >= 0.3 is 21.5 Å². The van der Waals surface area contributed by atoms with E-state index in [9.17, 15) is 0 Å². The van der Waals surface area contributed by atoms with E-state index in [2.05, 4.69) is 60.4 Å². The first-order chi connectivity index (χ1) is 7.81. The van der Waals surface area contributed by atoms with Gasteiger partial charge in [-0.2, -0.15) is 0 Å². The lowest BCUT2D eigenvalue weighted by Crippen LogP contribution is -4.05. The fourth-order valence-electron chi connectivity index (χ4n) is 1.13. The molecule has 0 atom stereocenters. The molecule has 1 rings (SSSR count). The van der Waals surface area contributed by atoms with Gasteiger partial charge in [0.25, 0.3) is 21.1 Å². The number of halogens is 4. The number of rotatable bonds is 2. The lowest BCUT2D eigenvalue weighted by Gasteiger charge is -2.23. The second-order valence-electron chi connectivity index (χ2n) is 4.12. The maximum atomic E-state index is 8.57. The highest BCUT2D eigenvalue weighted by atomic mass is 127. The van der Waals surface area contributed by atoms with Crippen molar-refractivity contribution in [3.63, 3.8) is 0 Å². The molecule has 4 nitrogen and oxygen atoms in total. The molecule has 0 unspecified atom stereocenters. The van der Waals surface area contributed by atoms with Gasteiger partial charge in [-0.05, 0) is 0 Å². The van der Waals surface area contributed by atoms with Crippen molar-refractivity contribution in [3.8, 4) is 0 Å². The number of nitrogens with zero attached hydrogens (tertiary/aromatic N) is 1. The van der Waals surface area contributed by atoms with E-state index in [0.29, 0.717) is 0 Å². The number of hydrogen-bond donors (Lipinski definition) is 0. The fourth-order valence-corrected chi connectivity index (χ4v) is 1.13. The van der Waals surface area contributed by atoms with E-state index in [1.807, 2.05) is 0 Å². The zero-order valence-electron chi connectivity index (χ0n) is 10.3. The van der Waals surface area contributed by atoms with Crippen LogP contribution in [0.4, 0.5) is 0 Å². The van der Waals surface area contributed by atoms with Crippen molar-refractivity contribution in [1.29, 1.82) is 0 Å². The Morgan fingerprint density at radius 3 is 1.67 bits per heavy atom. The van der Waals surface area contributed by atoms with Gasteiger partial charge in [0.1, 0.15) is 6.54 Å². The first kappa shape index (κ1) is 24.1. The largest absolute Gasteiger partial charge is 1.00 e. The second-order valence-corrected chi connectivity index (χ2v) is 5.20. The highest BCUT2D eigenvalue weighted by Crippen LogP contribution is 2.04. The fraction of sp³-hybridized carbons (Fsp3) is 0.400. The van der Waals surface area contributed by atoms with Gasteiger partial charge in [-0.1, -0.05) is 30.3 Å². The van der Waals surface area contributed by atoms with Crippen molar-refractivity contribution < 1.29 is 69.7 Å². The topological polar surface area (TPSA) is 69.2 Å². The van der Waals surface area contributed by atoms with Crippen LogP contribution in [0.5, 0.6) is 0 Å². The van der Waals surface area contributed by atoms with E-state index >= 15 is 0 Å². The first-order valence-corrected chi connectivity index (χ1v) is 10.1. The lowest BCUT2D eigenvalue weighted by molar-refractivity contribution is -1.73. The second kappa shape index (κ2) is 14.5. The average molecular weight is 524 g/mol. The van der Waals surface area contributed by atoms with E-state index in [-0.39, 0.29) is 12.4 Å². The third-order valence-electron chi connectivity index (χ3n) is 1.50. The van der Waals surface area contributed by atoms with Crippen LogP contribution >= 0.6 is 8.91 Å². The van der Waals surface area contributed by atoms with Crippen molar-refractivity contribution >= 4 is 8.91 Å². The molecule has 0 N–H and O–H groups in total. The summed E-state index contributed by atoms with van der Waals surface area (Å²) in [6, 6.07) is 10.6. The average Bonchev–Trinajstić information content (AvgIpc) is 2.19. The van der Waals surface area contributed by atoms with Crippen molar-refractivity contribution in [3.05, 3.63) is 35.9 Å². The molecule has 0 heterocycles. The minimum absolute atomic E-state index is 0. The standard InChI is InChI=1S/C10H16N.ClHI.ClH.IO3/c1-11(2,3)9-10-7-5-4-6-8-10;1-2;;2-1(3)4/h4-8H,9H2,1-3H3;2H;1H;/q2*+1;;-1/p-1. The van der Waals surface area contributed by atoms with Gasteiger partial charge in [-0.3, -0.25) is 0 Å². The zero-order chi connectivity index (χ0) is 13.9. The van der Waals surface area contributed by atoms with Gasteiger partial charge in [-0.15, -0.1) is 0 Å². The third-order valence-corrected chi connectivity index (χ3v) is 1.50. The Hall–Kier alpha value is 1.10. The lowest BCUT2D eigenvalue weighted by atomic mass is 10.2. The van der Waals surface area contributed by atoms with Crippen LogP contribution in [0.25, 0.3) is 0 Å². The molecule has 1 aromatic carbocycles. The quantitative estimate of drug-likeness (QED) is 0.286. The molecule has 108 valence electrons. The van der Waals surface area contributed by atoms with Crippen LogP contribution in [0.1, 0.15) is 5.56 Å². The molecule has 0 amide bonds. The van der Waals surface area contributed by atoms with Crippen LogP contribution in [0, 0.1) is 0 Å². The number of benzene rings is 1. The Labute approximate surface area is 141 Å². The van der Waals surface area contributed by atoms with Crippen LogP contribution in [0.3, 0.4) is 0 Å². The summed E-state index contributed by atoms with van der Waals surface area (Å²) in [6.07, 6.45) is 0. The Morgan fingerprint density at radius 1 is 1.06 bits per heavy atom. The minimum atomic E-state index is -4.01. The Morgan fingerprint density at radius 2 is 1.39 bits per heavy atom. The molecule has 0 aromatic heterocycles. The molecule has 0 fully saturated rings. The molecule has 0 saturated carbocycles. The highest BCUT2D eigenvalue weighted by Gasteiger charge is 2.06. The molecule has 0 radical (unpaired) electrons. The van der Waals surface area contributed by atoms with Gasteiger partial charge in [0, 0.05) is 5.56 Å². The number of hydrogen-bond acceptors (Lipinski definition) is 3. The predicted molar refractivity (Wildman–Crippen MR) is 55.4 cm³/mol. The van der Waals surface area contributed by atoms with Crippen LogP contribution in [-0.2, 0) is 6.54 Å². The van der Waals surface area contributed by atoms with Crippen LogP contribution in [-0.4, -0.2) is 25.6 Å². The Bertz CT molecular complexity index is 269. The van der Waals surface area contributed by atoms with Crippen LogP contribution < -0.4 is 65.2 Å². The summed E-state index contributed by atoms with van der Waals surface area (Å²) >= 11 is -2.59. The molecule has 0 bridgehead atoms. The SMILES string of the molecule is C[N+](C)(C)Cc1ccccc1.Cl[IH+].[Cl-].[O-][I+2]([O-])[O-]. The molecular weight excluding hydrogens is 507 g/mol. The number of quaternary nitrogens is 1. The molecule has 0 saturated heterocycles. The van der Waals surface area contributed by atoms with Gasteiger partial charge in [0.05, 0.1) is 21.1 Å². The Balaban J connectivity index is -0.000000277. The van der Waals surface area contributed by atoms with Crippen LogP contribution in [0.15, 0.2) is 30.3 Å². The summed E-state index contributed by atoms with van der Waals surface area (Å²) in [5, 5.41) is 0. The van der Waals surface area contributed by atoms with E-state index in [1.165, 1.54) is 27.0 Å². The van der Waals surface area contributed by atoms with E-state index in [1.54, 1.807) is 0 Å². The van der Waals surface area contributed by atoms with Crippen molar-refractivity contribution in [2.24, 2.45) is 0 Å². The molecule has 8 heteroatoms. The summed E-state index contributed by atoms with van der Waals surface area (Å²) in [5.41, 5.74) is 1.40. The molecule has 1 aromatic rings. The van der Waals surface area contributed by atoms with E-state index in [0.717, 1.165) is 11.0 Å². The van der Waals surface area contributed by atoms with Gasteiger partial charge in [0.15, 0.2) is 0 Å². The summed E-state index contributed by atoms with van der Waals surface area (Å²) in [5.74, 6) is 0. The molecule has 0 aliphatic heterocycles. The molecule has 0 aliphatic carbocycles. The Kier molecular flexibility index (Phi) is 19.5. The minimum Gasteiger partial charge on any atom is -1.00 e. The maximum Gasteiger partial charge on any atom is 0.389 e. The van der Waals surface area contributed by atoms with Crippen molar-refractivity contribution in [2.75, 3.05) is 21.1 Å². The highest BCUT2D eigenvalue weighted by molar-refractivity contribution is 6.02. The van der Waals surface area contributed by atoms with E-state index < -0.39 is 21.1 Å². The molecule has 18 heavy (non-hydrogen) atoms. The zero-order valence-corrected chi connectivity index (χ0v) is 16.3. The third kappa shape index (κ3) is 22.3. The molecule has 0 spiro atoms. The van der Waals surface area contributed by atoms with Crippen molar-refractivity contribution in [1.82, 2.24) is 0 Å². The summed E-state index contributed by atoms with van der Waals surface area (Å²) in [6.45, 7) is 1.10. The van der Waals surface area contributed by atoms with Crippen LogP contribution in [0.2, 0.25) is 0 Å². The monoisotopic (exact) mass is 523 g/mol. The smallest absolute Gasteiger partial charge is 0.389 e. The summed E-state index contributed by atoms with van der Waals surface area (Å²) in [4.78, 5) is 0.